The van der Waals surface area contributed by atoms with E-state index in [1.807, 2.05) is 13.8 Å². The highest BCUT2D eigenvalue weighted by molar-refractivity contribution is 5.81. The molecule has 2 aromatic heterocycles. The summed E-state index contributed by atoms with van der Waals surface area (Å²) in [7, 11) is 1.51. The van der Waals surface area contributed by atoms with Gasteiger partial charge in [-0.15, -0.1) is 0 Å². The largest absolute Gasteiger partial charge is 0.329 e. The number of aromatic amines is 1. The van der Waals surface area contributed by atoms with Crippen LogP contribution in [0.2, 0.25) is 0 Å². The summed E-state index contributed by atoms with van der Waals surface area (Å²) in [5.74, 6) is 0.272. The zero-order chi connectivity index (χ0) is 19.7. The Morgan fingerprint density at radius 3 is 2.78 bits per heavy atom. The number of aromatic nitrogens is 4. The average Bonchev–Trinajstić information content (AvgIpc) is 3.00. The van der Waals surface area contributed by atoms with Crippen LogP contribution in [0.5, 0.6) is 0 Å². The second-order valence-electron chi connectivity index (χ2n) is 6.11. The van der Waals surface area contributed by atoms with Crippen LogP contribution in [0, 0.1) is 10.1 Å². The molecule has 0 saturated carbocycles. The summed E-state index contributed by atoms with van der Waals surface area (Å²) < 4.78 is 2.86. The molecule has 0 atom stereocenters. The Morgan fingerprint density at radius 2 is 2.11 bits per heavy atom. The van der Waals surface area contributed by atoms with Crippen molar-refractivity contribution in [1.29, 1.82) is 0 Å². The zero-order valence-electron chi connectivity index (χ0n) is 14.8. The Bertz CT molecular complexity index is 1170. The molecule has 0 amide bonds. The van der Waals surface area contributed by atoms with Gasteiger partial charge in [0.1, 0.15) is 0 Å². The molecule has 0 aliphatic heterocycles. The lowest BCUT2D eigenvalue weighted by atomic mass is 10.2. The molecule has 0 aliphatic rings. The van der Waals surface area contributed by atoms with E-state index in [0.29, 0.717) is 5.56 Å². The van der Waals surface area contributed by atoms with Gasteiger partial charge in [-0.1, -0.05) is 12.1 Å². The number of fused-ring (bicyclic) bond motifs is 1. The quantitative estimate of drug-likeness (QED) is 0.394. The van der Waals surface area contributed by atoms with Gasteiger partial charge >= 0.3 is 5.69 Å². The van der Waals surface area contributed by atoms with Gasteiger partial charge in [0.05, 0.1) is 11.1 Å². The number of nitrogens with one attached hydrogen (secondary N) is 2. The minimum absolute atomic E-state index is 0.0464. The number of H-pyrrole nitrogens is 1. The van der Waals surface area contributed by atoms with E-state index in [4.69, 9.17) is 0 Å². The minimum Gasteiger partial charge on any atom is -0.300 e. The van der Waals surface area contributed by atoms with Gasteiger partial charge in [0.15, 0.2) is 11.2 Å². The van der Waals surface area contributed by atoms with E-state index in [1.54, 1.807) is 16.7 Å². The Labute approximate surface area is 152 Å². The van der Waals surface area contributed by atoms with Crippen LogP contribution in [0.3, 0.4) is 0 Å². The lowest BCUT2D eigenvalue weighted by molar-refractivity contribution is -0.384. The third kappa shape index (κ3) is 3.34. The summed E-state index contributed by atoms with van der Waals surface area (Å²) >= 11 is 0. The van der Waals surface area contributed by atoms with E-state index in [2.05, 4.69) is 20.5 Å². The minimum atomic E-state index is -0.562. The van der Waals surface area contributed by atoms with E-state index in [-0.39, 0.29) is 28.8 Å². The highest BCUT2D eigenvalue weighted by Gasteiger charge is 2.18. The van der Waals surface area contributed by atoms with Crippen molar-refractivity contribution < 1.29 is 4.92 Å². The predicted octanol–water partition coefficient (Wildman–Crippen LogP) is 1.36. The van der Waals surface area contributed by atoms with Gasteiger partial charge in [-0.05, 0) is 13.8 Å². The number of hydrogen-bond acceptors (Lipinski definition) is 7. The van der Waals surface area contributed by atoms with Gasteiger partial charge in [0.25, 0.3) is 11.2 Å². The van der Waals surface area contributed by atoms with E-state index in [0.717, 1.165) is 0 Å². The number of non-ortho nitro benzene ring substituents is 1. The highest BCUT2D eigenvalue weighted by atomic mass is 16.6. The molecule has 0 fully saturated rings. The highest BCUT2D eigenvalue weighted by Crippen LogP contribution is 2.20. The van der Waals surface area contributed by atoms with E-state index < -0.39 is 16.2 Å². The van der Waals surface area contributed by atoms with Gasteiger partial charge in [-0.2, -0.15) is 10.1 Å². The SMILES string of the molecule is CC(C)n1c(NN=Cc2cccc([N+](=O)[O-])c2)nc2c1c(=O)[nH]c(=O)n2C. The summed E-state index contributed by atoms with van der Waals surface area (Å²) in [6.45, 7) is 3.72. The molecule has 2 N–H and O–H groups in total. The fourth-order valence-corrected chi connectivity index (χ4v) is 2.67. The fraction of sp³-hybridized carbons (Fsp3) is 0.250. The van der Waals surface area contributed by atoms with Crippen LogP contribution in [0.15, 0.2) is 39.0 Å². The number of nitrogens with zero attached hydrogens (tertiary/aromatic N) is 5. The topological polar surface area (TPSA) is 140 Å². The molecule has 0 unspecified atom stereocenters. The number of aryl methyl sites for hydroxylation is 1. The van der Waals surface area contributed by atoms with Gasteiger partial charge in [-0.25, -0.2) is 10.2 Å². The number of hydrazone groups is 1. The second kappa shape index (κ2) is 6.86. The van der Waals surface area contributed by atoms with Crippen LogP contribution in [0.4, 0.5) is 11.6 Å². The van der Waals surface area contributed by atoms with Gasteiger partial charge in [0, 0.05) is 30.8 Å². The maximum atomic E-state index is 12.2. The van der Waals surface area contributed by atoms with Crippen molar-refractivity contribution in [2.45, 2.75) is 19.9 Å². The van der Waals surface area contributed by atoms with Crippen LogP contribution in [0.1, 0.15) is 25.5 Å². The molecular formula is C16H17N7O4. The maximum absolute atomic E-state index is 12.2. The molecule has 0 bridgehead atoms. The van der Waals surface area contributed by atoms with Gasteiger partial charge < -0.3 is 4.57 Å². The fourth-order valence-electron chi connectivity index (χ4n) is 2.67. The molecule has 2 heterocycles. The molecule has 27 heavy (non-hydrogen) atoms. The summed E-state index contributed by atoms with van der Waals surface area (Å²) in [6.07, 6.45) is 1.40. The van der Waals surface area contributed by atoms with Gasteiger partial charge in [-0.3, -0.25) is 24.5 Å². The van der Waals surface area contributed by atoms with Crippen LogP contribution >= 0.6 is 0 Å². The zero-order valence-corrected chi connectivity index (χ0v) is 14.8. The first-order valence-electron chi connectivity index (χ1n) is 8.04. The average molecular weight is 371 g/mol. The number of nitro groups is 1. The lowest BCUT2D eigenvalue weighted by Crippen LogP contribution is -2.29. The third-order valence-electron chi connectivity index (χ3n) is 3.93. The van der Waals surface area contributed by atoms with Crippen molar-refractivity contribution >= 4 is 29.0 Å². The third-order valence-corrected chi connectivity index (χ3v) is 3.93. The van der Waals surface area contributed by atoms with E-state index in [9.17, 15) is 19.7 Å². The molecule has 11 heteroatoms. The van der Waals surface area contributed by atoms with E-state index in [1.165, 1.54) is 30.0 Å². The number of rotatable bonds is 5. The Balaban J connectivity index is 2.01. The molecule has 11 nitrogen and oxygen atoms in total. The maximum Gasteiger partial charge on any atom is 0.329 e. The van der Waals surface area contributed by atoms with Crippen LogP contribution in [-0.4, -0.2) is 30.2 Å². The van der Waals surface area contributed by atoms with Crippen molar-refractivity contribution in [3.8, 4) is 0 Å². The van der Waals surface area contributed by atoms with Crippen molar-refractivity contribution in [1.82, 2.24) is 19.1 Å². The standard InChI is InChI=1S/C16H17N7O4/c1-9(2)22-12-13(21(3)16(25)19-14(12)24)18-15(22)20-17-8-10-5-4-6-11(7-10)23(26)27/h4-9H,1-3H3,(H,18,20)(H,19,24,25). The molecule has 0 aliphatic carbocycles. The van der Waals surface area contributed by atoms with Crippen LogP contribution in [0.25, 0.3) is 11.2 Å². The Morgan fingerprint density at radius 1 is 1.37 bits per heavy atom. The predicted molar refractivity (Wildman–Crippen MR) is 100 cm³/mol. The van der Waals surface area contributed by atoms with Crippen LogP contribution < -0.4 is 16.7 Å². The Kier molecular flexibility index (Phi) is 4.59. The number of hydrogen-bond donors (Lipinski definition) is 2. The molecule has 0 radical (unpaired) electrons. The van der Waals surface area contributed by atoms with Crippen molar-refractivity contribution in [3.63, 3.8) is 0 Å². The van der Waals surface area contributed by atoms with Crippen molar-refractivity contribution in [2.75, 3.05) is 5.43 Å². The second-order valence-corrected chi connectivity index (χ2v) is 6.11. The molecule has 1 aromatic carbocycles. The molecule has 3 rings (SSSR count). The summed E-state index contributed by atoms with van der Waals surface area (Å²) in [4.78, 5) is 40.9. The summed E-state index contributed by atoms with van der Waals surface area (Å²) in [5.41, 5.74) is 2.59. The van der Waals surface area contributed by atoms with E-state index >= 15 is 0 Å². The van der Waals surface area contributed by atoms with Crippen LogP contribution in [-0.2, 0) is 7.05 Å². The summed E-state index contributed by atoms with van der Waals surface area (Å²) in [6, 6.07) is 5.85. The number of anilines is 1. The first-order chi connectivity index (χ1) is 12.8. The summed E-state index contributed by atoms with van der Waals surface area (Å²) in [5, 5.41) is 14.9. The van der Waals surface area contributed by atoms with Gasteiger partial charge in [0.2, 0.25) is 5.95 Å². The number of nitro benzene ring substituents is 1. The molecule has 0 spiro atoms. The monoisotopic (exact) mass is 371 g/mol. The molecule has 0 saturated heterocycles. The van der Waals surface area contributed by atoms with Crippen molar-refractivity contribution in [3.05, 3.63) is 60.8 Å². The smallest absolute Gasteiger partial charge is 0.300 e. The normalized spacial score (nSPS) is 11.6. The Hall–Kier alpha value is -3.76. The molecule has 140 valence electrons. The lowest BCUT2D eigenvalue weighted by Gasteiger charge is -2.11. The van der Waals surface area contributed by atoms with Crippen molar-refractivity contribution in [2.24, 2.45) is 12.1 Å². The molecule has 3 aromatic rings. The first kappa shape index (κ1) is 18.0. The molecular weight excluding hydrogens is 354 g/mol. The number of benzene rings is 1. The first-order valence-corrected chi connectivity index (χ1v) is 8.04. The number of imidazole rings is 1.